The lowest BCUT2D eigenvalue weighted by Crippen LogP contribution is -2.39. The van der Waals surface area contributed by atoms with Gasteiger partial charge in [-0.1, -0.05) is 18.2 Å². The molecule has 2 aliphatic heterocycles. The maximum atomic E-state index is 12.9. The van der Waals surface area contributed by atoms with Crippen LogP contribution < -0.4 is 9.64 Å². The molecular formula is C24H28N2O3. The van der Waals surface area contributed by atoms with Crippen molar-refractivity contribution in [3.05, 3.63) is 60.2 Å². The van der Waals surface area contributed by atoms with Crippen molar-refractivity contribution in [3.8, 4) is 5.75 Å². The Morgan fingerprint density at radius 2 is 1.66 bits per heavy atom. The zero-order chi connectivity index (χ0) is 20.1. The van der Waals surface area contributed by atoms with E-state index in [1.165, 1.54) is 0 Å². The van der Waals surface area contributed by atoms with E-state index in [1.807, 2.05) is 64.4 Å². The first kappa shape index (κ1) is 19.5. The van der Waals surface area contributed by atoms with Gasteiger partial charge in [0.1, 0.15) is 5.75 Å². The van der Waals surface area contributed by atoms with Crippen molar-refractivity contribution in [1.82, 2.24) is 4.90 Å². The number of piperidine rings is 2. The Balaban J connectivity index is 1.28. The van der Waals surface area contributed by atoms with Crippen molar-refractivity contribution in [3.63, 3.8) is 0 Å². The molecule has 152 valence electrons. The lowest BCUT2D eigenvalue weighted by molar-refractivity contribution is -0.119. The van der Waals surface area contributed by atoms with Gasteiger partial charge in [-0.05, 0) is 68.0 Å². The minimum absolute atomic E-state index is 0.0731. The highest BCUT2D eigenvalue weighted by Crippen LogP contribution is 2.24. The lowest BCUT2D eigenvalue weighted by atomic mass is 9.97. The molecule has 2 amide bonds. The molecule has 0 radical (unpaired) electrons. The Kier molecular flexibility index (Phi) is 6.13. The third-order valence-corrected chi connectivity index (χ3v) is 5.88. The van der Waals surface area contributed by atoms with Gasteiger partial charge in [-0.25, -0.2) is 0 Å². The van der Waals surface area contributed by atoms with Crippen LogP contribution >= 0.6 is 0 Å². The number of nitrogens with zero attached hydrogens (tertiary/aromatic N) is 2. The summed E-state index contributed by atoms with van der Waals surface area (Å²) in [5.74, 6) is 1.63. The Morgan fingerprint density at radius 3 is 2.34 bits per heavy atom. The molecule has 0 N–H and O–H groups in total. The van der Waals surface area contributed by atoms with E-state index in [-0.39, 0.29) is 11.8 Å². The summed E-state index contributed by atoms with van der Waals surface area (Å²) in [6.45, 7) is 2.98. The van der Waals surface area contributed by atoms with Crippen LogP contribution in [0.1, 0.15) is 42.5 Å². The molecule has 0 aromatic heterocycles. The summed E-state index contributed by atoms with van der Waals surface area (Å²) in [6.07, 6.45) is 4.54. The normalized spacial score (nSPS) is 18.0. The second-order valence-electron chi connectivity index (χ2n) is 7.91. The Morgan fingerprint density at radius 1 is 0.931 bits per heavy atom. The number of carbonyl (C=O) groups is 2. The van der Waals surface area contributed by atoms with Crippen LogP contribution in [0.5, 0.6) is 5.75 Å². The summed E-state index contributed by atoms with van der Waals surface area (Å²) in [4.78, 5) is 28.7. The monoisotopic (exact) mass is 392 g/mol. The molecule has 0 unspecified atom stereocenters. The van der Waals surface area contributed by atoms with Crippen molar-refractivity contribution in [1.29, 1.82) is 0 Å². The molecule has 0 bridgehead atoms. The first-order valence-corrected chi connectivity index (χ1v) is 10.6. The Bertz CT molecular complexity index is 827. The second-order valence-corrected chi connectivity index (χ2v) is 7.91. The summed E-state index contributed by atoms with van der Waals surface area (Å²) in [5.41, 5.74) is 1.58. The van der Waals surface area contributed by atoms with Crippen molar-refractivity contribution < 1.29 is 14.3 Å². The maximum absolute atomic E-state index is 12.9. The smallest absolute Gasteiger partial charge is 0.253 e. The first-order chi connectivity index (χ1) is 14.2. The summed E-state index contributed by atoms with van der Waals surface area (Å²) in [6, 6.07) is 17.4. The SMILES string of the molecule is O=C(c1ccc(N2CCCCC2=O)cc1)N1CCC(COc2ccccc2)CC1. The van der Waals surface area contributed by atoms with Crippen LogP contribution in [0, 0.1) is 5.92 Å². The molecule has 2 aliphatic rings. The lowest BCUT2D eigenvalue weighted by Gasteiger charge is -2.32. The molecule has 0 saturated carbocycles. The Labute approximate surface area is 172 Å². The molecule has 29 heavy (non-hydrogen) atoms. The van der Waals surface area contributed by atoms with Crippen LogP contribution in [0.25, 0.3) is 0 Å². The predicted molar refractivity (Wildman–Crippen MR) is 113 cm³/mol. The molecule has 4 rings (SSSR count). The van der Waals surface area contributed by atoms with Gasteiger partial charge in [0.05, 0.1) is 6.61 Å². The fourth-order valence-electron chi connectivity index (χ4n) is 4.08. The third-order valence-electron chi connectivity index (χ3n) is 5.88. The number of para-hydroxylation sites is 1. The maximum Gasteiger partial charge on any atom is 0.253 e. The molecular weight excluding hydrogens is 364 g/mol. The largest absolute Gasteiger partial charge is 0.493 e. The van der Waals surface area contributed by atoms with Gasteiger partial charge in [0.2, 0.25) is 5.91 Å². The standard InChI is InChI=1S/C24H28N2O3/c27-23-8-4-5-15-26(23)21-11-9-20(10-12-21)24(28)25-16-13-19(14-17-25)18-29-22-6-2-1-3-7-22/h1-3,6-7,9-12,19H,4-5,8,13-18H2. The van der Waals surface area contributed by atoms with Crippen LogP contribution in [0.15, 0.2) is 54.6 Å². The van der Waals surface area contributed by atoms with Crippen LogP contribution in [0.2, 0.25) is 0 Å². The van der Waals surface area contributed by atoms with Gasteiger partial charge in [0, 0.05) is 37.3 Å². The second kappa shape index (κ2) is 9.12. The van der Waals surface area contributed by atoms with Gasteiger partial charge < -0.3 is 14.5 Å². The highest BCUT2D eigenvalue weighted by atomic mass is 16.5. The molecule has 5 nitrogen and oxygen atoms in total. The van der Waals surface area contributed by atoms with E-state index in [0.29, 0.717) is 24.5 Å². The van der Waals surface area contributed by atoms with Crippen LogP contribution in [0.4, 0.5) is 5.69 Å². The number of hydrogen-bond acceptors (Lipinski definition) is 3. The average molecular weight is 392 g/mol. The van der Waals surface area contributed by atoms with E-state index in [2.05, 4.69) is 0 Å². The predicted octanol–water partition coefficient (Wildman–Crippen LogP) is 4.13. The first-order valence-electron chi connectivity index (χ1n) is 10.6. The van der Waals surface area contributed by atoms with Crippen LogP contribution in [-0.2, 0) is 4.79 Å². The number of carbonyl (C=O) groups excluding carboxylic acids is 2. The fourth-order valence-corrected chi connectivity index (χ4v) is 4.08. The number of ether oxygens (including phenoxy) is 1. The molecule has 2 fully saturated rings. The fraction of sp³-hybridized carbons (Fsp3) is 0.417. The number of hydrogen-bond donors (Lipinski definition) is 0. The van der Waals surface area contributed by atoms with Gasteiger partial charge in [0.25, 0.3) is 5.91 Å². The average Bonchev–Trinajstić information content (AvgIpc) is 2.79. The molecule has 2 aromatic rings. The molecule has 5 heteroatoms. The number of likely N-dealkylation sites (tertiary alicyclic amines) is 1. The minimum Gasteiger partial charge on any atom is -0.493 e. The summed E-state index contributed by atoms with van der Waals surface area (Å²) in [5, 5.41) is 0. The molecule has 2 heterocycles. The van der Waals surface area contributed by atoms with Crippen molar-refractivity contribution in [2.45, 2.75) is 32.1 Å². The van der Waals surface area contributed by atoms with Crippen molar-refractivity contribution in [2.75, 3.05) is 31.1 Å². The number of benzene rings is 2. The van der Waals surface area contributed by atoms with Crippen molar-refractivity contribution in [2.24, 2.45) is 5.92 Å². The van der Waals surface area contributed by atoms with E-state index in [1.54, 1.807) is 0 Å². The molecule has 0 spiro atoms. The summed E-state index contributed by atoms with van der Waals surface area (Å²) < 4.78 is 5.87. The van der Waals surface area contributed by atoms with Gasteiger partial charge in [-0.15, -0.1) is 0 Å². The van der Waals surface area contributed by atoms with E-state index in [0.717, 1.165) is 56.8 Å². The molecule has 2 saturated heterocycles. The van der Waals surface area contributed by atoms with Gasteiger partial charge in [-0.2, -0.15) is 0 Å². The highest BCUT2D eigenvalue weighted by molar-refractivity contribution is 5.97. The van der Waals surface area contributed by atoms with E-state index >= 15 is 0 Å². The molecule has 2 aromatic carbocycles. The topological polar surface area (TPSA) is 49.9 Å². The van der Waals surface area contributed by atoms with Gasteiger partial charge in [-0.3, -0.25) is 9.59 Å². The van der Waals surface area contributed by atoms with Crippen molar-refractivity contribution >= 4 is 17.5 Å². The molecule has 0 aliphatic carbocycles. The van der Waals surface area contributed by atoms with Crippen LogP contribution in [-0.4, -0.2) is 43.0 Å². The summed E-state index contributed by atoms with van der Waals surface area (Å²) >= 11 is 0. The summed E-state index contributed by atoms with van der Waals surface area (Å²) in [7, 11) is 0. The van der Waals surface area contributed by atoms with Crippen LogP contribution in [0.3, 0.4) is 0 Å². The van der Waals surface area contributed by atoms with E-state index in [9.17, 15) is 9.59 Å². The Hall–Kier alpha value is -2.82. The van der Waals surface area contributed by atoms with Gasteiger partial charge in [0.15, 0.2) is 0 Å². The third kappa shape index (κ3) is 4.78. The number of amides is 2. The quantitative estimate of drug-likeness (QED) is 0.769. The zero-order valence-corrected chi connectivity index (χ0v) is 16.8. The number of rotatable bonds is 5. The van der Waals surface area contributed by atoms with Gasteiger partial charge >= 0.3 is 0 Å². The highest BCUT2D eigenvalue weighted by Gasteiger charge is 2.25. The minimum atomic E-state index is 0.0731. The van der Waals surface area contributed by atoms with E-state index < -0.39 is 0 Å². The number of anilines is 1. The molecule has 0 atom stereocenters. The van der Waals surface area contributed by atoms with E-state index in [4.69, 9.17) is 4.74 Å². The zero-order valence-electron chi connectivity index (χ0n) is 16.8.